The van der Waals surface area contributed by atoms with Gasteiger partial charge in [0.2, 0.25) is 0 Å². The fourth-order valence-electron chi connectivity index (χ4n) is 2.85. The number of phenols is 1. The minimum atomic E-state index is -0.634. The predicted molar refractivity (Wildman–Crippen MR) is 112 cm³/mol. The number of aromatic hydroxyl groups is 1. The summed E-state index contributed by atoms with van der Waals surface area (Å²) in [5.41, 5.74) is 1.59. The summed E-state index contributed by atoms with van der Waals surface area (Å²) in [7, 11) is 1.49. The number of halogens is 4. The predicted octanol–water partition coefficient (Wildman–Crippen LogP) is 5.36. The third kappa shape index (κ3) is 5.01. The maximum absolute atomic E-state index is 14.5. The molecule has 2 N–H and O–H groups in total. The Labute approximate surface area is 182 Å². The smallest absolute Gasteiger partial charge is 0.257 e. The van der Waals surface area contributed by atoms with Gasteiger partial charge in [-0.2, -0.15) is 0 Å². The number of amides is 1. The molecule has 8 heteroatoms. The minimum absolute atomic E-state index is 0.0493. The van der Waals surface area contributed by atoms with E-state index in [0.29, 0.717) is 22.4 Å². The lowest BCUT2D eigenvalue weighted by Gasteiger charge is -2.13. The topological polar surface area (TPSA) is 58.6 Å². The minimum Gasteiger partial charge on any atom is -0.507 e. The molecule has 0 unspecified atom stereocenters. The summed E-state index contributed by atoms with van der Waals surface area (Å²) in [6, 6.07) is 10.9. The molecule has 30 heavy (non-hydrogen) atoms. The van der Waals surface area contributed by atoms with E-state index in [-0.39, 0.29) is 40.3 Å². The maximum Gasteiger partial charge on any atom is 0.257 e. The van der Waals surface area contributed by atoms with Crippen molar-refractivity contribution >= 4 is 29.1 Å². The Balaban J connectivity index is 1.91. The molecule has 0 bridgehead atoms. The van der Waals surface area contributed by atoms with Gasteiger partial charge in [0.1, 0.15) is 23.1 Å². The van der Waals surface area contributed by atoms with Crippen LogP contribution in [0.2, 0.25) is 10.0 Å². The van der Waals surface area contributed by atoms with Crippen molar-refractivity contribution in [3.05, 3.63) is 81.3 Å². The maximum atomic E-state index is 14.5. The number of carbonyl (C=O) groups excluding carboxylic acids is 1. The third-order valence-corrected chi connectivity index (χ3v) is 5.12. The number of hydrogen-bond donors (Lipinski definition) is 2. The standard InChI is InChI=1S/C22H17Cl2F2NO3/c1-27-22(29)11-30-15-8-18(23)17(19(24)9-15)7-13-6-16(21(28)10-20(13)26)12-2-4-14(25)5-3-12/h2-6,8-10,28H,7,11H2,1H3,(H,27,29). The van der Waals surface area contributed by atoms with Gasteiger partial charge in [-0.25, -0.2) is 8.78 Å². The van der Waals surface area contributed by atoms with Crippen LogP contribution in [0.3, 0.4) is 0 Å². The molecule has 1 amide bonds. The molecule has 0 heterocycles. The van der Waals surface area contributed by atoms with Crippen LogP contribution in [0, 0.1) is 11.6 Å². The molecule has 3 rings (SSSR count). The fraction of sp³-hybridized carbons (Fsp3) is 0.136. The van der Waals surface area contributed by atoms with Gasteiger partial charge in [-0.05, 0) is 47.0 Å². The number of ether oxygens (including phenoxy) is 1. The lowest BCUT2D eigenvalue weighted by atomic mass is 9.97. The van der Waals surface area contributed by atoms with Gasteiger partial charge in [0.25, 0.3) is 5.91 Å². The summed E-state index contributed by atoms with van der Waals surface area (Å²) in [6.45, 7) is -0.198. The van der Waals surface area contributed by atoms with E-state index in [1.54, 1.807) is 0 Å². The van der Waals surface area contributed by atoms with Gasteiger partial charge in [-0.1, -0.05) is 35.3 Å². The van der Waals surface area contributed by atoms with Crippen LogP contribution in [-0.2, 0) is 11.2 Å². The van der Waals surface area contributed by atoms with Crippen molar-refractivity contribution in [1.82, 2.24) is 5.32 Å². The van der Waals surface area contributed by atoms with Crippen molar-refractivity contribution < 1.29 is 23.4 Å². The van der Waals surface area contributed by atoms with Crippen LogP contribution in [0.5, 0.6) is 11.5 Å². The van der Waals surface area contributed by atoms with Gasteiger partial charge in [-0.15, -0.1) is 0 Å². The zero-order chi connectivity index (χ0) is 21.8. The Kier molecular flexibility index (Phi) is 6.80. The average Bonchev–Trinajstić information content (AvgIpc) is 2.71. The lowest BCUT2D eigenvalue weighted by Crippen LogP contribution is -2.24. The summed E-state index contributed by atoms with van der Waals surface area (Å²) >= 11 is 12.6. The van der Waals surface area contributed by atoms with Crippen LogP contribution in [-0.4, -0.2) is 24.7 Å². The summed E-state index contributed by atoms with van der Waals surface area (Å²) in [5, 5.41) is 13.0. The van der Waals surface area contributed by atoms with Crippen molar-refractivity contribution in [1.29, 1.82) is 0 Å². The van der Waals surface area contributed by atoms with Crippen LogP contribution in [0.15, 0.2) is 48.5 Å². The van der Waals surface area contributed by atoms with Gasteiger partial charge in [0.05, 0.1) is 0 Å². The first kappa shape index (κ1) is 21.9. The Morgan fingerprint density at radius 2 is 1.70 bits per heavy atom. The first-order valence-electron chi connectivity index (χ1n) is 8.87. The number of hydrogen-bond acceptors (Lipinski definition) is 3. The molecule has 0 aliphatic heterocycles. The summed E-state index contributed by atoms with van der Waals surface area (Å²) in [6.07, 6.45) is 0.0493. The van der Waals surface area contributed by atoms with Crippen LogP contribution >= 0.6 is 23.2 Å². The monoisotopic (exact) mass is 451 g/mol. The zero-order valence-electron chi connectivity index (χ0n) is 15.8. The van der Waals surface area contributed by atoms with Crippen molar-refractivity contribution in [2.45, 2.75) is 6.42 Å². The van der Waals surface area contributed by atoms with Crippen LogP contribution in [0.25, 0.3) is 11.1 Å². The molecule has 0 saturated heterocycles. The van der Waals surface area contributed by atoms with Gasteiger partial charge < -0.3 is 15.2 Å². The first-order valence-corrected chi connectivity index (χ1v) is 9.62. The van der Waals surface area contributed by atoms with E-state index in [0.717, 1.165) is 6.07 Å². The molecule has 0 aliphatic carbocycles. The van der Waals surface area contributed by atoms with Crippen molar-refractivity contribution in [2.75, 3.05) is 13.7 Å². The highest BCUT2D eigenvalue weighted by atomic mass is 35.5. The molecular formula is C22H17Cl2F2NO3. The van der Waals surface area contributed by atoms with Gasteiger partial charge in [0.15, 0.2) is 6.61 Å². The Morgan fingerprint density at radius 1 is 1.07 bits per heavy atom. The zero-order valence-corrected chi connectivity index (χ0v) is 17.3. The first-order chi connectivity index (χ1) is 14.3. The molecule has 0 radical (unpaired) electrons. The highest BCUT2D eigenvalue weighted by Gasteiger charge is 2.16. The number of carbonyl (C=O) groups is 1. The second kappa shape index (κ2) is 9.32. The van der Waals surface area contributed by atoms with E-state index in [1.165, 1.54) is 49.5 Å². The molecule has 0 fully saturated rings. The summed E-state index contributed by atoms with van der Waals surface area (Å²) < 4.78 is 33.0. The highest BCUT2D eigenvalue weighted by molar-refractivity contribution is 6.36. The molecule has 3 aromatic carbocycles. The van der Waals surface area contributed by atoms with E-state index in [9.17, 15) is 18.7 Å². The molecule has 3 aromatic rings. The Morgan fingerprint density at radius 3 is 2.30 bits per heavy atom. The van der Waals surface area contributed by atoms with E-state index in [1.807, 2.05) is 0 Å². The lowest BCUT2D eigenvalue weighted by molar-refractivity contribution is -0.122. The number of benzene rings is 3. The molecule has 0 aliphatic rings. The van der Waals surface area contributed by atoms with E-state index in [2.05, 4.69) is 5.32 Å². The van der Waals surface area contributed by atoms with Gasteiger partial charge in [-0.3, -0.25) is 4.79 Å². The fourth-order valence-corrected chi connectivity index (χ4v) is 3.45. The van der Waals surface area contributed by atoms with Crippen LogP contribution in [0.4, 0.5) is 8.78 Å². The Hall–Kier alpha value is -2.83. The van der Waals surface area contributed by atoms with Crippen molar-refractivity contribution in [3.8, 4) is 22.6 Å². The van der Waals surface area contributed by atoms with E-state index >= 15 is 0 Å². The van der Waals surface area contributed by atoms with Gasteiger partial charge in [0, 0.05) is 35.1 Å². The van der Waals surface area contributed by atoms with Gasteiger partial charge >= 0.3 is 0 Å². The number of rotatable bonds is 6. The number of nitrogens with one attached hydrogen (secondary N) is 1. The molecule has 156 valence electrons. The SMILES string of the molecule is CNC(=O)COc1cc(Cl)c(Cc2cc(-c3ccc(F)cc3)c(O)cc2F)c(Cl)c1. The average molecular weight is 452 g/mol. The second-order valence-corrected chi connectivity index (χ2v) is 7.29. The quantitative estimate of drug-likeness (QED) is 0.530. The molecule has 0 atom stereocenters. The van der Waals surface area contributed by atoms with E-state index < -0.39 is 11.6 Å². The second-order valence-electron chi connectivity index (χ2n) is 6.47. The number of phenolic OH excluding ortho intramolecular Hbond substituents is 1. The van der Waals surface area contributed by atoms with Crippen molar-refractivity contribution in [2.24, 2.45) is 0 Å². The molecule has 0 spiro atoms. The molecule has 0 aromatic heterocycles. The summed E-state index contributed by atoms with van der Waals surface area (Å²) in [5.74, 6) is -1.33. The third-order valence-electron chi connectivity index (χ3n) is 4.45. The van der Waals surface area contributed by atoms with Crippen LogP contribution in [0.1, 0.15) is 11.1 Å². The van der Waals surface area contributed by atoms with E-state index in [4.69, 9.17) is 27.9 Å². The largest absolute Gasteiger partial charge is 0.507 e. The van der Waals surface area contributed by atoms with Crippen LogP contribution < -0.4 is 10.1 Å². The molecule has 4 nitrogen and oxygen atoms in total. The molecule has 0 saturated carbocycles. The summed E-state index contributed by atoms with van der Waals surface area (Å²) in [4.78, 5) is 11.3. The Bertz CT molecular complexity index is 1070. The normalized spacial score (nSPS) is 10.7. The van der Waals surface area contributed by atoms with Crippen molar-refractivity contribution in [3.63, 3.8) is 0 Å². The highest BCUT2D eigenvalue weighted by Crippen LogP contribution is 2.36. The molecular weight excluding hydrogens is 435 g/mol. The number of likely N-dealkylation sites (N-methyl/N-ethyl adjacent to an activating group) is 1.